The molecule has 1 aromatic heterocycles. The molecule has 1 heterocycles. The first-order valence-corrected chi connectivity index (χ1v) is 8.84. The molecule has 0 saturated heterocycles. The van der Waals surface area contributed by atoms with Crippen molar-refractivity contribution in [2.45, 2.75) is 0 Å². The zero-order valence-corrected chi connectivity index (χ0v) is 15.8. The van der Waals surface area contributed by atoms with E-state index in [1.807, 2.05) is 30.3 Å². The molecule has 0 aliphatic rings. The number of nitrogens with one attached hydrogen (secondary N) is 1. The number of rotatable bonds is 6. The van der Waals surface area contributed by atoms with Crippen molar-refractivity contribution in [1.82, 2.24) is 5.43 Å². The third-order valence-electron chi connectivity index (χ3n) is 3.31. The van der Waals surface area contributed by atoms with Gasteiger partial charge in [-0.2, -0.15) is 5.10 Å². The molecule has 3 aromatic rings. The summed E-state index contributed by atoms with van der Waals surface area (Å²) in [7, 11) is 0. The fraction of sp³-hybridized carbons (Fsp3) is 0.0526. The third-order valence-corrected chi connectivity index (χ3v) is 4.14. The van der Waals surface area contributed by atoms with Crippen LogP contribution < -0.4 is 10.2 Å². The van der Waals surface area contributed by atoms with Crippen molar-refractivity contribution < 1.29 is 13.9 Å². The van der Waals surface area contributed by atoms with Gasteiger partial charge in [-0.05, 0) is 42.5 Å². The van der Waals surface area contributed by atoms with Crippen molar-refractivity contribution in [2.24, 2.45) is 5.10 Å². The zero-order valence-electron chi connectivity index (χ0n) is 13.5. The molecule has 0 aliphatic heterocycles. The van der Waals surface area contributed by atoms with Gasteiger partial charge < -0.3 is 9.15 Å². The van der Waals surface area contributed by atoms with Crippen molar-refractivity contribution in [3.63, 3.8) is 0 Å². The second-order valence-electron chi connectivity index (χ2n) is 5.22. The molecule has 0 saturated carbocycles. The van der Waals surface area contributed by atoms with Gasteiger partial charge in [-0.1, -0.05) is 45.7 Å². The highest BCUT2D eigenvalue weighted by Gasteiger charge is 2.07. The van der Waals surface area contributed by atoms with E-state index in [1.54, 1.807) is 30.3 Å². The quantitative estimate of drug-likeness (QED) is 0.444. The molecular weight excluding hydrogens is 420 g/mol. The summed E-state index contributed by atoms with van der Waals surface area (Å²) in [5.74, 6) is 1.34. The Bertz CT molecular complexity index is 940. The summed E-state index contributed by atoms with van der Waals surface area (Å²) in [5, 5.41) is 4.46. The van der Waals surface area contributed by atoms with Gasteiger partial charge in [0.25, 0.3) is 5.91 Å². The predicted octanol–water partition coefficient (Wildman–Crippen LogP) is 4.89. The third kappa shape index (κ3) is 4.97. The van der Waals surface area contributed by atoms with Gasteiger partial charge >= 0.3 is 0 Å². The van der Waals surface area contributed by atoms with Crippen LogP contribution in [0.15, 0.2) is 74.7 Å². The second kappa shape index (κ2) is 8.69. The van der Waals surface area contributed by atoms with E-state index >= 15 is 0 Å². The van der Waals surface area contributed by atoms with Gasteiger partial charge in [0.2, 0.25) is 0 Å². The minimum atomic E-state index is -0.376. The fourth-order valence-electron chi connectivity index (χ4n) is 2.13. The van der Waals surface area contributed by atoms with E-state index < -0.39 is 0 Å². The summed E-state index contributed by atoms with van der Waals surface area (Å²) in [4.78, 5) is 11.8. The van der Waals surface area contributed by atoms with E-state index in [-0.39, 0.29) is 12.5 Å². The van der Waals surface area contributed by atoms with Crippen LogP contribution in [0.1, 0.15) is 5.76 Å². The summed E-state index contributed by atoms with van der Waals surface area (Å²) >= 11 is 9.48. The van der Waals surface area contributed by atoms with Gasteiger partial charge in [-0.25, -0.2) is 5.43 Å². The molecule has 132 valence electrons. The highest BCUT2D eigenvalue weighted by molar-refractivity contribution is 9.10. The lowest BCUT2D eigenvalue weighted by Crippen LogP contribution is -2.24. The number of halogens is 2. The van der Waals surface area contributed by atoms with Crippen LogP contribution in [0.5, 0.6) is 5.75 Å². The number of hydrogen-bond donors (Lipinski definition) is 1. The summed E-state index contributed by atoms with van der Waals surface area (Å²) in [6.45, 7) is -0.142. The molecule has 1 amide bonds. The minimum Gasteiger partial charge on any atom is -0.484 e. The number of carbonyl (C=O) groups excluding carboxylic acids is 1. The molecule has 0 atom stereocenters. The Hall–Kier alpha value is -2.57. The van der Waals surface area contributed by atoms with Crippen LogP contribution in [0.4, 0.5) is 0 Å². The van der Waals surface area contributed by atoms with Gasteiger partial charge in [0.1, 0.15) is 17.3 Å². The molecule has 0 radical (unpaired) electrons. The molecular formula is C19H14BrClN2O3. The average Bonchev–Trinajstić information content (AvgIpc) is 3.09. The molecule has 0 unspecified atom stereocenters. The zero-order chi connectivity index (χ0) is 18.4. The lowest BCUT2D eigenvalue weighted by Gasteiger charge is -2.04. The summed E-state index contributed by atoms with van der Waals surface area (Å²) < 4.78 is 11.9. The van der Waals surface area contributed by atoms with Crippen molar-refractivity contribution in [2.75, 3.05) is 6.61 Å². The van der Waals surface area contributed by atoms with Crippen LogP contribution in [-0.4, -0.2) is 18.7 Å². The Balaban J connectivity index is 1.52. The van der Waals surface area contributed by atoms with Crippen molar-refractivity contribution >= 4 is 39.7 Å². The van der Waals surface area contributed by atoms with Crippen LogP contribution in [0.25, 0.3) is 11.3 Å². The topological polar surface area (TPSA) is 63.8 Å². The molecule has 0 fully saturated rings. The van der Waals surface area contributed by atoms with E-state index in [0.29, 0.717) is 22.3 Å². The van der Waals surface area contributed by atoms with E-state index in [9.17, 15) is 4.79 Å². The number of benzene rings is 2. The van der Waals surface area contributed by atoms with Gasteiger partial charge in [-0.15, -0.1) is 0 Å². The molecule has 2 aromatic carbocycles. The molecule has 5 nitrogen and oxygen atoms in total. The van der Waals surface area contributed by atoms with Crippen LogP contribution in [0.3, 0.4) is 0 Å². The maximum Gasteiger partial charge on any atom is 0.277 e. The summed E-state index contributed by atoms with van der Waals surface area (Å²) in [6, 6.07) is 18.2. The molecule has 26 heavy (non-hydrogen) atoms. The SMILES string of the molecule is O=C(COc1cccc(Br)c1)NN=Cc1ccc(-c2ccccc2Cl)o1. The maximum atomic E-state index is 11.8. The molecule has 0 bridgehead atoms. The molecule has 0 aliphatic carbocycles. The van der Waals surface area contributed by atoms with Gasteiger partial charge in [0.15, 0.2) is 6.61 Å². The van der Waals surface area contributed by atoms with Crippen LogP contribution >= 0.6 is 27.5 Å². The van der Waals surface area contributed by atoms with Crippen LogP contribution in [0.2, 0.25) is 5.02 Å². The van der Waals surface area contributed by atoms with E-state index in [4.69, 9.17) is 20.8 Å². The first-order valence-electron chi connectivity index (χ1n) is 7.67. The average molecular weight is 434 g/mol. The Kier molecular flexibility index (Phi) is 6.09. The Morgan fingerprint density at radius 1 is 1.19 bits per heavy atom. The second-order valence-corrected chi connectivity index (χ2v) is 6.54. The smallest absolute Gasteiger partial charge is 0.277 e. The largest absolute Gasteiger partial charge is 0.484 e. The number of hydrazone groups is 1. The van der Waals surface area contributed by atoms with Crippen LogP contribution in [0, 0.1) is 0 Å². The number of ether oxygens (including phenoxy) is 1. The number of carbonyl (C=O) groups is 1. The lowest BCUT2D eigenvalue weighted by molar-refractivity contribution is -0.123. The standard InChI is InChI=1S/C19H14BrClN2O3/c20-13-4-3-5-14(10-13)25-12-19(24)23-22-11-15-8-9-18(26-15)16-6-1-2-7-17(16)21/h1-11H,12H2,(H,23,24). The number of furan rings is 1. The van der Waals surface area contributed by atoms with Crippen molar-refractivity contribution in [3.05, 3.63) is 75.9 Å². The first-order chi connectivity index (χ1) is 12.6. The fourth-order valence-corrected chi connectivity index (χ4v) is 2.74. The summed E-state index contributed by atoms with van der Waals surface area (Å²) in [6.07, 6.45) is 1.41. The molecule has 1 N–H and O–H groups in total. The first kappa shape index (κ1) is 18.2. The molecule has 7 heteroatoms. The van der Waals surface area contributed by atoms with E-state index in [1.165, 1.54) is 6.21 Å². The maximum absolute atomic E-state index is 11.8. The minimum absolute atomic E-state index is 0.142. The number of nitrogens with zero attached hydrogens (tertiary/aromatic N) is 1. The van der Waals surface area contributed by atoms with Gasteiger partial charge in [0.05, 0.1) is 11.2 Å². The van der Waals surface area contributed by atoms with E-state index in [0.717, 1.165) is 10.0 Å². The van der Waals surface area contributed by atoms with E-state index in [2.05, 4.69) is 26.5 Å². The number of hydrogen-bond acceptors (Lipinski definition) is 4. The predicted molar refractivity (Wildman–Crippen MR) is 105 cm³/mol. The van der Waals surface area contributed by atoms with Gasteiger partial charge in [-0.3, -0.25) is 4.79 Å². The van der Waals surface area contributed by atoms with Crippen molar-refractivity contribution in [3.8, 4) is 17.1 Å². The Labute approximate surface area is 163 Å². The highest BCUT2D eigenvalue weighted by Crippen LogP contribution is 2.28. The monoisotopic (exact) mass is 432 g/mol. The summed E-state index contributed by atoms with van der Waals surface area (Å²) in [5.41, 5.74) is 3.18. The number of amides is 1. The highest BCUT2D eigenvalue weighted by atomic mass is 79.9. The molecule has 0 spiro atoms. The normalized spacial score (nSPS) is 10.8. The van der Waals surface area contributed by atoms with Crippen molar-refractivity contribution in [1.29, 1.82) is 0 Å². The molecule has 3 rings (SSSR count). The van der Waals surface area contributed by atoms with Gasteiger partial charge in [0, 0.05) is 10.0 Å². The Morgan fingerprint density at radius 2 is 2.04 bits per heavy atom. The lowest BCUT2D eigenvalue weighted by atomic mass is 10.2. The van der Waals surface area contributed by atoms with Crippen LogP contribution in [-0.2, 0) is 4.79 Å². The Morgan fingerprint density at radius 3 is 2.85 bits per heavy atom.